The number of benzene rings is 1. The van der Waals surface area contributed by atoms with Crippen LogP contribution in [0.5, 0.6) is 0 Å². The molecule has 5 heterocycles. The lowest BCUT2D eigenvalue weighted by Gasteiger charge is -2.12. The number of hydrogen-bond donors (Lipinski definition) is 2. The summed E-state index contributed by atoms with van der Waals surface area (Å²) in [7, 11) is 0. The average Bonchev–Trinajstić information content (AvgIpc) is 3.63. The monoisotopic (exact) mass is 571 g/mol. The zero-order valence-corrected chi connectivity index (χ0v) is 23.0. The van der Waals surface area contributed by atoms with E-state index in [9.17, 15) is 9.59 Å². The minimum atomic E-state index is -0.596. The highest BCUT2D eigenvalue weighted by Gasteiger charge is 2.25. The highest BCUT2D eigenvalue weighted by atomic mass is 35.5. The molecule has 1 aliphatic heterocycles. The number of carbonyl (C=O) groups is 1. The summed E-state index contributed by atoms with van der Waals surface area (Å²) in [5, 5.41) is 13.1. The van der Waals surface area contributed by atoms with Crippen LogP contribution in [0.15, 0.2) is 59.8 Å². The minimum absolute atomic E-state index is 0.0400. The first-order valence-corrected chi connectivity index (χ1v) is 13.4. The van der Waals surface area contributed by atoms with Gasteiger partial charge in [0.2, 0.25) is 0 Å². The number of nitrogens with zero attached hydrogens (tertiary/aromatic N) is 7. The van der Waals surface area contributed by atoms with Crippen molar-refractivity contribution in [3.8, 4) is 17.1 Å². The lowest BCUT2D eigenvalue weighted by molar-refractivity contribution is 0.102. The number of amides is 1. The van der Waals surface area contributed by atoms with Crippen molar-refractivity contribution in [3.05, 3.63) is 81.6 Å². The molecule has 0 saturated carbocycles. The Balaban J connectivity index is 1.31. The fourth-order valence-corrected chi connectivity index (χ4v) is 4.80. The summed E-state index contributed by atoms with van der Waals surface area (Å²) in [6, 6.07) is 11.9. The molecule has 5 aromatic rings. The standard InChI is InChI=1S/C28H26ClN9O3/c1-15(2)21-11-20(28(40)38(35-21)22-8-5-17(29)12-31-22)27(39)34-18-6-3-16(4-7-18)24-23-25(30)32-14-33-26(23)37(36-24)19-9-10-41-13-19/h3-8,11-12,14-15,19H,9-10,13H2,1-2H3,(H,34,39)(H2,30,32,33). The number of nitrogens with two attached hydrogens (primary N) is 1. The molecule has 1 aliphatic rings. The second-order valence-corrected chi connectivity index (χ2v) is 10.4. The molecular formula is C28H26ClN9O3. The van der Waals surface area contributed by atoms with Gasteiger partial charge in [0.15, 0.2) is 11.5 Å². The molecule has 0 aliphatic carbocycles. The fourth-order valence-electron chi connectivity index (χ4n) is 4.68. The molecule has 1 aromatic carbocycles. The number of ether oxygens (including phenoxy) is 1. The largest absolute Gasteiger partial charge is 0.383 e. The summed E-state index contributed by atoms with van der Waals surface area (Å²) in [4.78, 5) is 39.4. The van der Waals surface area contributed by atoms with Gasteiger partial charge in [0.25, 0.3) is 11.5 Å². The van der Waals surface area contributed by atoms with E-state index in [1.165, 1.54) is 18.6 Å². The number of nitrogens with one attached hydrogen (secondary N) is 1. The molecule has 6 rings (SSSR count). The number of carbonyl (C=O) groups excluding carboxylic acids is 1. The minimum Gasteiger partial charge on any atom is -0.383 e. The Bertz CT molecular complexity index is 1810. The highest BCUT2D eigenvalue weighted by molar-refractivity contribution is 6.30. The van der Waals surface area contributed by atoms with Crippen LogP contribution in [-0.2, 0) is 4.74 Å². The summed E-state index contributed by atoms with van der Waals surface area (Å²) in [5.74, 6) is -0.0118. The van der Waals surface area contributed by atoms with E-state index in [1.54, 1.807) is 24.3 Å². The molecular weight excluding hydrogens is 546 g/mol. The fraction of sp³-hybridized carbons (Fsp3) is 0.250. The summed E-state index contributed by atoms with van der Waals surface area (Å²) in [5.41, 5.74) is 8.70. The van der Waals surface area contributed by atoms with E-state index in [0.717, 1.165) is 16.7 Å². The quantitative estimate of drug-likeness (QED) is 0.307. The van der Waals surface area contributed by atoms with Crippen molar-refractivity contribution < 1.29 is 9.53 Å². The second kappa shape index (κ2) is 10.7. The van der Waals surface area contributed by atoms with Crippen molar-refractivity contribution in [1.82, 2.24) is 34.5 Å². The number of nitrogen functional groups attached to an aromatic ring is 1. The van der Waals surface area contributed by atoms with Crippen molar-refractivity contribution in [2.45, 2.75) is 32.2 Å². The summed E-state index contributed by atoms with van der Waals surface area (Å²) in [6.07, 6.45) is 3.67. The van der Waals surface area contributed by atoms with Crippen LogP contribution in [0.3, 0.4) is 0 Å². The van der Waals surface area contributed by atoms with Gasteiger partial charge in [-0.3, -0.25) is 9.59 Å². The van der Waals surface area contributed by atoms with Crippen molar-refractivity contribution in [3.63, 3.8) is 0 Å². The molecule has 208 valence electrons. The Morgan fingerprint density at radius 3 is 2.61 bits per heavy atom. The third-order valence-electron chi connectivity index (χ3n) is 6.88. The second-order valence-electron chi connectivity index (χ2n) is 9.99. The molecule has 41 heavy (non-hydrogen) atoms. The van der Waals surface area contributed by atoms with Crippen LogP contribution in [0.4, 0.5) is 11.5 Å². The molecule has 0 spiro atoms. The molecule has 1 atom stereocenters. The normalized spacial score (nSPS) is 15.1. The molecule has 12 nitrogen and oxygen atoms in total. The van der Waals surface area contributed by atoms with Crippen LogP contribution >= 0.6 is 11.6 Å². The maximum absolute atomic E-state index is 13.3. The first-order valence-electron chi connectivity index (χ1n) is 13.0. The Labute approximate surface area is 239 Å². The van der Waals surface area contributed by atoms with Gasteiger partial charge in [-0.1, -0.05) is 37.6 Å². The molecule has 0 radical (unpaired) electrons. The molecule has 1 saturated heterocycles. The number of aromatic nitrogens is 7. The third kappa shape index (κ3) is 5.03. The number of pyridine rings is 1. The molecule has 1 amide bonds. The molecule has 13 heteroatoms. The Kier molecular flexibility index (Phi) is 6.93. The zero-order chi connectivity index (χ0) is 28.7. The molecule has 1 fully saturated rings. The number of fused-ring (bicyclic) bond motifs is 1. The SMILES string of the molecule is CC(C)c1cc(C(=O)Nc2ccc(-c3nn(C4CCOC4)c4ncnc(N)c34)cc2)c(=O)n(-c2ccc(Cl)cn2)n1. The lowest BCUT2D eigenvalue weighted by Crippen LogP contribution is -2.31. The van der Waals surface area contributed by atoms with E-state index >= 15 is 0 Å². The van der Waals surface area contributed by atoms with E-state index in [2.05, 4.69) is 25.4 Å². The van der Waals surface area contributed by atoms with Crippen LogP contribution in [0.25, 0.3) is 28.1 Å². The zero-order valence-electron chi connectivity index (χ0n) is 22.3. The number of anilines is 2. The van der Waals surface area contributed by atoms with Gasteiger partial charge in [0.1, 0.15) is 23.4 Å². The van der Waals surface area contributed by atoms with Crippen molar-refractivity contribution in [2.75, 3.05) is 24.3 Å². The van der Waals surface area contributed by atoms with Gasteiger partial charge in [-0.05, 0) is 42.7 Å². The summed E-state index contributed by atoms with van der Waals surface area (Å²) in [6.45, 7) is 5.06. The van der Waals surface area contributed by atoms with Gasteiger partial charge in [-0.2, -0.15) is 14.9 Å². The van der Waals surface area contributed by atoms with E-state index in [0.29, 0.717) is 52.2 Å². The van der Waals surface area contributed by atoms with Crippen LogP contribution in [0, 0.1) is 0 Å². The van der Waals surface area contributed by atoms with E-state index < -0.39 is 11.5 Å². The van der Waals surface area contributed by atoms with E-state index in [-0.39, 0.29) is 23.3 Å². The maximum atomic E-state index is 13.3. The smallest absolute Gasteiger partial charge is 0.285 e. The van der Waals surface area contributed by atoms with Crippen LogP contribution in [-0.4, -0.2) is 53.6 Å². The molecule has 3 N–H and O–H groups in total. The van der Waals surface area contributed by atoms with Gasteiger partial charge < -0.3 is 15.8 Å². The van der Waals surface area contributed by atoms with Crippen molar-refractivity contribution >= 4 is 40.0 Å². The Hall–Kier alpha value is -4.68. The van der Waals surface area contributed by atoms with Gasteiger partial charge in [0, 0.05) is 24.1 Å². The number of rotatable bonds is 6. The summed E-state index contributed by atoms with van der Waals surface area (Å²) < 4.78 is 8.52. The van der Waals surface area contributed by atoms with Gasteiger partial charge in [-0.25, -0.2) is 19.6 Å². The Morgan fingerprint density at radius 2 is 1.93 bits per heavy atom. The van der Waals surface area contributed by atoms with E-state index in [1.807, 2.05) is 30.7 Å². The van der Waals surface area contributed by atoms with Gasteiger partial charge in [0.05, 0.1) is 28.8 Å². The van der Waals surface area contributed by atoms with E-state index in [4.69, 9.17) is 27.2 Å². The maximum Gasteiger partial charge on any atom is 0.285 e. The third-order valence-corrected chi connectivity index (χ3v) is 7.10. The number of halogens is 1. The van der Waals surface area contributed by atoms with Gasteiger partial charge in [-0.15, -0.1) is 0 Å². The van der Waals surface area contributed by atoms with Gasteiger partial charge >= 0.3 is 0 Å². The average molecular weight is 572 g/mol. The molecule has 1 unspecified atom stereocenters. The van der Waals surface area contributed by atoms with Crippen molar-refractivity contribution in [2.24, 2.45) is 0 Å². The van der Waals surface area contributed by atoms with Crippen molar-refractivity contribution in [1.29, 1.82) is 0 Å². The first kappa shape index (κ1) is 26.5. The van der Waals surface area contributed by atoms with Crippen LogP contribution in [0.2, 0.25) is 5.02 Å². The van der Waals surface area contributed by atoms with Crippen LogP contribution in [0.1, 0.15) is 48.3 Å². The topological polar surface area (TPSA) is 156 Å². The predicted octanol–water partition coefficient (Wildman–Crippen LogP) is 4.01. The highest BCUT2D eigenvalue weighted by Crippen LogP contribution is 2.33. The summed E-state index contributed by atoms with van der Waals surface area (Å²) >= 11 is 5.95. The molecule has 0 bridgehead atoms. The number of hydrogen-bond acceptors (Lipinski definition) is 9. The molecule has 4 aromatic heterocycles. The first-order chi connectivity index (χ1) is 19.8. The lowest BCUT2D eigenvalue weighted by atomic mass is 10.1. The predicted molar refractivity (Wildman–Crippen MR) is 154 cm³/mol. The Morgan fingerprint density at radius 1 is 1.12 bits per heavy atom. The van der Waals surface area contributed by atoms with Crippen LogP contribution < -0.4 is 16.6 Å².